The molecule has 0 bridgehead atoms. The first kappa shape index (κ1) is 23.8. The van der Waals surface area contributed by atoms with Crippen molar-refractivity contribution in [2.24, 2.45) is 0 Å². The Labute approximate surface area is 202 Å². The quantitative estimate of drug-likeness (QED) is 0.419. The molecule has 2 amide bonds. The van der Waals surface area contributed by atoms with Crippen molar-refractivity contribution < 1.29 is 14.3 Å². The van der Waals surface area contributed by atoms with Gasteiger partial charge in [0.15, 0.2) is 5.16 Å². The molecule has 0 atom stereocenters. The molecular formula is C25H28N4O4S. The highest BCUT2D eigenvalue weighted by atomic mass is 32.2. The molecule has 1 aliphatic rings. The molecule has 8 nitrogen and oxygen atoms in total. The summed E-state index contributed by atoms with van der Waals surface area (Å²) in [6, 6.07) is 16.5. The number of hydrogen-bond acceptors (Lipinski definition) is 6. The number of thioether (sulfide) groups is 1. The van der Waals surface area contributed by atoms with Crippen LogP contribution in [0.25, 0.3) is 16.6 Å². The lowest BCUT2D eigenvalue weighted by molar-refractivity contribution is -0.130. The maximum absolute atomic E-state index is 13.3. The molecule has 178 valence electrons. The Bertz CT molecular complexity index is 1250. The number of para-hydroxylation sites is 2. The van der Waals surface area contributed by atoms with Crippen molar-refractivity contribution in [1.29, 1.82) is 0 Å². The Balaban J connectivity index is 1.47. The average Bonchev–Trinajstić information content (AvgIpc) is 2.82. The van der Waals surface area contributed by atoms with Crippen molar-refractivity contribution >= 4 is 34.7 Å². The maximum Gasteiger partial charge on any atom is 0.410 e. The molecule has 4 rings (SSSR count). The lowest BCUT2D eigenvalue weighted by atomic mass is 10.2. The fourth-order valence-corrected chi connectivity index (χ4v) is 4.61. The molecule has 9 heteroatoms. The number of piperazine rings is 1. The van der Waals surface area contributed by atoms with Gasteiger partial charge in [0.2, 0.25) is 5.91 Å². The minimum atomic E-state index is -0.553. The molecular weight excluding hydrogens is 452 g/mol. The lowest BCUT2D eigenvalue weighted by Gasteiger charge is -2.35. The minimum absolute atomic E-state index is 0.0594. The SMILES string of the molecule is CC(C)(C)OC(=O)N1CCN(C(=O)CSc2nc3ccccc3c(=O)n2-c2ccccc2)CC1. The van der Waals surface area contributed by atoms with E-state index in [0.717, 1.165) is 0 Å². The molecule has 2 heterocycles. The molecule has 34 heavy (non-hydrogen) atoms. The van der Waals surface area contributed by atoms with Crippen LogP contribution in [0.4, 0.5) is 4.79 Å². The van der Waals surface area contributed by atoms with Crippen LogP contribution in [-0.4, -0.2) is 68.9 Å². The van der Waals surface area contributed by atoms with Gasteiger partial charge in [-0.1, -0.05) is 42.1 Å². The predicted molar refractivity (Wildman–Crippen MR) is 132 cm³/mol. The van der Waals surface area contributed by atoms with Gasteiger partial charge < -0.3 is 14.5 Å². The number of nitrogens with zero attached hydrogens (tertiary/aromatic N) is 4. The van der Waals surface area contributed by atoms with Crippen molar-refractivity contribution in [3.8, 4) is 5.69 Å². The number of carbonyl (C=O) groups excluding carboxylic acids is 2. The van der Waals surface area contributed by atoms with E-state index in [1.165, 1.54) is 11.8 Å². The maximum atomic E-state index is 13.3. The molecule has 0 unspecified atom stereocenters. The number of amides is 2. The molecule has 2 aromatic carbocycles. The van der Waals surface area contributed by atoms with Crippen LogP contribution >= 0.6 is 11.8 Å². The number of aromatic nitrogens is 2. The Kier molecular flexibility index (Phi) is 6.92. The lowest BCUT2D eigenvalue weighted by Crippen LogP contribution is -2.52. The van der Waals surface area contributed by atoms with Crippen LogP contribution in [-0.2, 0) is 9.53 Å². The third-order valence-corrected chi connectivity index (χ3v) is 6.29. The molecule has 1 aromatic heterocycles. The Hall–Kier alpha value is -3.33. The van der Waals surface area contributed by atoms with E-state index in [1.807, 2.05) is 63.2 Å². The first-order valence-electron chi connectivity index (χ1n) is 11.2. The summed E-state index contributed by atoms with van der Waals surface area (Å²) >= 11 is 1.24. The van der Waals surface area contributed by atoms with Gasteiger partial charge in [-0.2, -0.15) is 0 Å². The van der Waals surface area contributed by atoms with Gasteiger partial charge in [0.25, 0.3) is 5.56 Å². The van der Waals surface area contributed by atoms with Crippen LogP contribution < -0.4 is 5.56 Å². The monoisotopic (exact) mass is 480 g/mol. The van der Waals surface area contributed by atoms with Gasteiger partial charge in [0.05, 0.1) is 22.3 Å². The van der Waals surface area contributed by atoms with Crippen molar-refractivity contribution in [3.63, 3.8) is 0 Å². The molecule has 3 aromatic rings. The van der Waals surface area contributed by atoms with Crippen LogP contribution in [0.15, 0.2) is 64.5 Å². The average molecular weight is 481 g/mol. The summed E-state index contributed by atoms with van der Waals surface area (Å²) in [4.78, 5) is 46.5. The fourth-order valence-electron chi connectivity index (χ4n) is 3.70. The standard InChI is InChI=1S/C25H28N4O4S/c1-25(2,3)33-24(32)28-15-13-27(14-16-28)21(30)17-34-23-26-20-12-8-7-11-19(20)22(31)29(23)18-9-5-4-6-10-18/h4-12H,13-17H2,1-3H3. The van der Waals surface area contributed by atoms with E-state index in [9.17, 15) is 14.4 Å². The fraction of sp³-hybridized carbons (Fsp3) is 0.360. The number of carbonyl (C=O) groups is 2. The molecule has 0 saturated carbocycles. The number of rotatable bonds is 4. The molecule has 1 fully saturated rings. The van der Waals surface area contributed by atoms with E-state index in [4.69, 9.17) is 4.74 Å². The zero-order chi connectivity index (χ0) is 24.3. The van der Waals surface area contributed by atoms with E-state index in [0.29, 0.717) is 47.9 Å². The second-order valence-corrected chi connectivity index (χ2v) is 9.97. The Morgan fingerprint density at radius 2 is 1.56 bits per heavy atom. The highest BCUT2D eigenvalue weighted by Crippen LogP contribution is 2.22. The highest BCUT2D eigenvalue weighted by molar-refractivity contribution is 7.99. The van der Waals surface area contributed by atoms with Crippen LogP contribution in [0, 0.1) is 0 Å². The summed E-state index contributed by atoms with van der Waals surface area (Å²) < 4.78 is 6.97. The van der Waals surface area contributed by atoms with Gasteiger partial charge in [0, 0.05) is 26.2 Å². The smallest absolute Gasteiger partial charge is 0.410 e. The number of hydrogen-bond donors (Lipinski definition) is 0. The Morgan fingerprint density at radius 1 is 0.941 bits per heavy atom. The van der Waals surface area contributed by atoms with Gasteiger partial charge in [0.1, 0.15) is 5.60 Å². The zero-order valence-corrected chi connectivity index (χ0v) is 20.4. The van der Waals surface area contributed by atoms with E-state index >= 15 is 0 Å². The molecule has 1 saturated heterocycles. The zero-order valence-electron chi connectivity index (χ0n) is 19.6. The van der Waals surface area contributed by atoms with Crippen molar-refractivity contribution in [3.05, 3.63) is 65.0 Å². The van der Waals surface area contributed by atoms with Crippen LogP contribution in [0.2, 0.25) is 0 Å². The summed E-state index contributed by atoms with van der Waals surface area (Å²) in [6.45, 7) is 7.22. The van der Waals surface area contributed by atoms with Crippen LogP contribution in [0.5, 0.6) is 0 Å². The topological polar surface area (TPSA) is 84.7 Å². The first-order valence-corrected chi connectivity index (χ1v) is 12.2. The number of benzene rings is 2. The van der Waals surface area contributed by atoms with Crippen molar-refractivity contribution in [2.75, 3.05) is 31.9 Å². The van der Waals surface area contributed by atoms with Gasteiger partial charge in [-0.15, -0.1) is 0 Å². The summed E-state index contributed by atoms with van der Waals surface area (Å²) in [6.07, 6.45) is -0.360. The van der Waals surface area contributed by atoms with Gasteiger partial charge in [-0.25, -0.2) is 9.78 Å². The first-order chi connectivity index (χ1) is 16.2. The third-order valence-electron chi connectivity index (χ3n) is 5.37. The van der Waals surface area contributed by atoms with E-state index in [2.05, 4.69) is 4.98 Å². The molecule has 0 spiro atoms. The summed E-state index contributed by atoms with van der Waals surface area (Å²) in [7, 11) is 0. The van der Waals surface area contributed by atoms with E-state index in [-0.39, 0.29) is 23.3 Å². The number of ether oxygens (including phenoxy) is 1. The van der Waals surface area contributed by atoms with Crippen LogP contribution in [0.3, 0.4) is 0 Å². The summed E-state index contributed by atoms with van der Waals surface area (Å²) in [5, 5.41) is 0.996. The van der Waals surface area contributed by atoms with Crippen LogP contribution in [0.1, 0.15) is 20.8 Å². The molecule has 0 radical (unpaired) electrons. The summed E-state index contributed by atoms with van der Waals surface area (Å²) in [5.74, 6) is 0.0835. The number of fused-ring (bicyclic) bond motifs is 1. The predicted octanol–water partition coefficient (Wildman–Crippen LogP) is 3.56. The van der Waals surface area contributed by atoms with Gasteiger partial charge in [-0.3, -0.25) is 14.2 Å². The summed E-state index contributed by atoms with van der Waals surface area (Å²) in [5.41, 5.74) is 0.576. The van der Waals surface area contributed by atoms with Crippen molar-refractivity contribution in [1.82, 2.24) is 19.4 Å². The van der Waals surface area contributed by atoms with Crippen molar-refractivity contribution in [2.45, 2.75) is 31.5 Å². The highest BCUT2D eigenvalue weighted by Gasteiger charge is 2.28. The second kappa shape index (κ2) is 9.89. The van der Waals surface area contributed by atoms with E-state index < -0.39 is 5.60 Å². The largest absolute Gasteiger partial charge is 0.444 e. The normalized spacial score (nSPS) is 14.3. The minimum Gasteiger partial charge on any atom is -0.444 e. The van der Waals surface area contributed by atoms with Gasteiger partial charge >= 0.3 is 6.09 Å². The van der Waals surface area contributed by atoms with Gasteiger partial charge in [-0.05, 0) is 45.0 Å². The molecule has 0 aliphatic carbocycles. The van der Waals surface area contributed by atoms with E-state index in [1.54, 1.807) is 26.5 Å². The molecule has 0 N–H and O–H groups in total. The Morgan fingerprint density at radius 3 is 2.24 bits per heavy atom. The molecule has 1 aliphatic heterocycles. The second-order valence-electron chi connectivity index (χ2n) is 9.02. The third kappa shape index (κ3) is 5.41.